The Hall–Kier alpha value is -3.03. The van der Waals surface area contributed by atoms with E-state index >= 15 is 0 Å². The molecule has 8 nitrogen and oxygen atoms in total. The summed E-state index contributed by atoms with van der Waals surface area (Å²) in [6, 6.07) is 7.44. The van der Waals surface area contributed by atoms with Gasteiger partial charge in [0.1, 0.15) is 0 Å². The normalized spacial score (nSPS) is 16.1. The van der Waals surface area contributed by atoms with Crippen LogP contribution in [0.5, 0.6) is 17.4 Å². The highest BCUT2D eigenvalue weighted by molar-refractivity contribution is 5.74. The van der Waals surface area contributed by atoms with Crippen LogP contribution in [0.15, 0.2) is 24.3 Å². The minimum Gasteiger partial charge on any atom is -0.493 e. The quantitative estimate of drug-likeness (QED) is 0.813. The Morgan fingerprint density at radius 1 is 1.10 bits per heavy atom. The van der Waals surface area contributed by atoms with Crippen molar-refractivity contribution in [3.63, 3.8) is 0 Å². The van der Waals surface area contributed by atoms with Crippen LogP contribution in [-0.2, 0) is 13.0 Å². The molecule has 2 aliphatic heterocycles. The molecule has 4 rings (SSSR count). The van der Waals surface area contributed by atoms with Crippen molar-refractivity contribution in [1.82, 2.24) is 20.2 Å². The van der Waals surface area contributed by atoms with Crippen molar-refractivity contribution >= 4 is 12.0 Å². The molecule has 1 N–H and O–H groups in total. The van der Waals surface area contributed by atoms with Crippen LogP contribution in [0.25, 0.3) is 0 Å². The molecule has 3 heterocycles. The predicted octanol–water partition coefficient (Wildman–Crippen LogP) is 3.36. The van der Waals surface area contributed by atoms with E-state index in [9.17, 15) is 4.79 Å². The molecule has 1 aromatic carbocycles. The summed E-state index contributed by atoms with van der Waals surface area (Å²) in [4.78, 5) is 26.1. The zero-order valence-electron chi connectivity index (χ0n) is 17.7. The average Bonchev–Trinajstić information content (AvgIpc) is 2.80. The summed E-state index contributed by atoms with van der Waals surface area (Å²) in [7, 11) is 1.62. The minimum atomic E-state index is -0.0773. The number of carbonyl (C=O) groups excluding carboxylic acids is 1. The monoisotopic (exact) mass is 411 g/mol. The molecule has 1 fully saturated rings. The van der Waals surface area contributed by atoms with E-state index in [4.69, 9.17) is 19.4 Å². The number of fused-ring (bicyclic) bond motifs is 1. The third-order valence-corrected chi connectivity index (χ3v) is 5.54. The Kier molecular flexibility index (Phi) is 6.21. The number of hydrogen-bond acceptors (Lipinski definition) is 6. The third-order valence-electron chi connectivity index (χ3n) is 5.54. The molecular formula is C22H29N5O3. The van der Waals surface area contributed by atoms with E-state index in [1.165, 1.54) is 6.42 Å². The Morgan fingerprint density at radius 3 is 2.60 bits per heavy atom. The second-order valence-corrected chi connectivity index (χ2v) is 7.56. The number of ether oxygens (including phenoxy) is 2. The summed E-state index contributed by atoms with van der Waals surface area (Å²) < 4.78 is 11.7. The van der Waals surface area contributed by atoms with Gasteiger partial charge in [-0.1, -0.05) is 12.1 Å². The Balaban J connectivity index is 1.70. The number of nitrogens with one attached hydrogen (secondary N) is 1. The second kappa shape index (κ2) is 9.19. The van der Waals surface area contributed by atoms with Crippen molar-refractivity contribution in [2.45, 2.75) is 39.2 Å². The summed E-state index contributed by atoms with van der Waals surface area (Å²) in [5.74, 6) is 2.45. The highest BCUT2D eigenvalue weighted by Gasteiger charge is 2.28. The number of anilines is 1. The van der Waals surface area contributed by atoms with E-state index in [0.29, 0.717) is 49.4 Å². The fraction of sp³-hybridized carbons (Fsp3) is 0.500. The first-order valence-electron chi connectivity index (χ1n) is 10.7. The van der Waals surface area contributed by atoms with Gasteiger partial charge in [-0.05, 0) is 38.3 Å². The molecule has 1 aromatic heterocycles. The summed E-state index contributed by atoms with van der Waals surface area (Å²) >= 11 is 0. The highest BCUT2D eigenvalue weighted by Crippen LogP contribution is 2.35. The van der Waals surface area contributed by atoms with Crippen molar-refractivity contribution in [2.75, 3.05) is 38.2 Å². The van der Waals surface area contributed by atoms with E-state index in [1.807, 2.05) is 31.2 Å². The topological polar surface area (TPSA) is 79.8 Å². The van der Waals surface area contributed by atoms with E-state index in [1.54, 1.807) is 12.0 Å². The maximum atomic E-state index is 12.4. The number of carbonyl (C=O) groups is 1. The largest absolute Gasteiger partial charge is 0.493 e. The SMILES string of the molecule is CCNC(=O)N1CCc2nc(N3CCCCC3)nc(Oc3ccccc3OC)c2C1. The van der Waals surface area contributed by atoms with Gasteiger partial charge in [0.2, 0.25) is 11.8 Å². The summed E-state index contributed by atoms with van der Waals surface area (Å²) in [5.41, 5.74) is 1.81. The summed E-state index contributed by atoms with van der Waals surface area (Å²) in [6.45, 7) is 5.47. The zero-order valence-corrected chi connectivity index (χ0v) is 17.7. The second-order valence-electron chi connectivity index (χ2n) is 7.56. The number of rotatable bonds is 5. The van der Waals surface area contributed by atoms with Gasteiger partial charge in [-0.15, -0.1) is 0 Å². The number of methoxy groups -OCH3 is 1. The molecule has 2 amide bonds. The van der Waals surface area contributed by atoms with Crippen molar-refractivity contribution in [3.8, 4) is 17.4 Å². The molecule has 0 aliphatic carbocycles. The number of hydrogen-bond donors (Lipinski definition) is 1. The van der Waals surface area contributed by atoms with Crippen molar-refractivity contribution in [3.05, 3.63) is 35.5 Å². The lowest BCUT2D eigenvalue weighted by atomic mass is 10.1. The van der Waals surface area contributed by atoms with E-state index in [2.05, 4.69) is 10.2 Å². The van der Waals surface area contributed by atoms with Gasteiger partial charge in [-0.25, -0.2) is 9.78 Å². The molecule has 2 aromatic rings. The molecule has 0 saturated carbocycles. The molecule has 1 saturated heterocycles. The molecule has 0 bridgehead atoms. The molecule has 0 unspecified atom stereocenters. The first-order valence-corrected chi connectivity index (χ1v) is 10.7. The Bertz CT molecular complexity index is 898. The van der Waals surface area contributed by atoms with Crippen LogP contribution in [0.4, 0.5) is 10.7 Å². The van der Waals surface area contributed by atoms with Gasteiger partial charge < -0.3 is 24.6 Å². The molecule has 0 radical (unpaired) electrons. The molecule has 2 aliphatic rings. The Labute approximate surface area is 177 Å². The van der Waals surface area contributed by atoms with Gasteiger partial charge in [0.15, 0.2) is 11.5 Å². The summed E-state index contributed by atoms with van der Waals surface area (Å²) in [6.07, 6.45) is 4.22. The molecule has 30 heavy (non-hydrogen) atoms. The van der Waals surface area contributed by atoms with E-state index in [-0.39, 0.29) is 6.03 Å². The van der Waals surface area contributed by atoms with Gasteiger partial charge in [0.25, 0.3) is 0 Å². The highest BCUT2D eigenvalue weighted by atomic mass is 16.5. The zero-order chi connectivity index (χ0) is 20.9. The number of amides is 2. The molecule has 0 atom stereocenters. The lowest BCUT2D eigenvalue weighted by Crippen LogP contribution is -2.43. The standard InChI is InChI=1S/C22H29N5O3/c1-3-23-22(28)27-14-11-17-16(15-27)20(30-19-10-6-5-9-18(19)29-2)25-21(24-17)26-12-7-4-8-13-26/h5-6,9-10H,3-4,7-8,11-15H2,1-2H3,(H,23,28). The lowest BCUT2D eigenvalue weighted by Gasteiger charge is -2.32. The van der Waals surface area contributed by atoms with Gasteiger partial charge in [-0.3, -0.25) is 0 Å². The molecule has 8 heteroatoms. The minimum absolute atomic E-state index is 0.0773. The van der Waals surface area contributed by atoms with Crippen LogP contribution in [0.2, 0.25) is 0 Å². The number of piperidine rings is 1. The van der Waals surface area contributed by atoms with Gasteiger partial charge in [0.05, 0.1) is 24.9 Å². The lowest BCUT2D eigenvalue weighted by molar-refractivity contribution is 0.191. The number of urea groups is 1. The fourth-order valence-electron chi connectivity index (χ4n) is 3.93. The van der Waals surface area contributed by atoms with Crippen LogP contribution in [-0.4, -0.2) is 54.2 Å². The van der Waals surface area contributed by atoms with Crippen molar-refractivity contribution < 1.29 is 14.3 Å². The van der Waals surface area contributed by atoms with Gasteiger partial charge in [-0.2, -0.15) is 4.98 Å². The average molecular weight is 412 g/mol. The summed E-state index contributed by atoms with van der Waals surface area (Å²) in [5, 5.41) is 2.87. The first kappa shape index (κ1) is 20.3. The predicted molar refractivity (Wildman–Crippen MR) is 114 cm³/mol. The van der Waals surface area contributed by atoms with Crippen LogP contribution < -0.4 is 19.7 Å². The number of para-hydroxylation sites is 2. The number of benzene rings is 1. The van der Waals surface area contributed by atoms with E-state index in [0.717, 1.165) is 37.2 Å². The molecule has 0 spiro atoms. The maximum Gasteiger partial charge on any atom is 0.317 e. The van der Waals surface area contributed by atoms with Gasteiger partial charge >= 0.3 is 6.03 Å². The van der Waals surface area contributed by atoms with Crippen LogP contribution in [0.1, 0.15) is 37.4 Å². The Morgan fingerprint density at radius 2 is 1.87 bits per heavy atom. The van der Waals surface area contributed by atoms with Crippen LogP contribution in [0.3, 0.4) is 0 Å². The smallest absolute Gasteiger partial charge is 0.317 e. The van der Waals surface area contributed by atoms with Crippen molar-refractivity contribution in [1.29, 1.82) is 0 Å². The molecule has 160 valence electrons. The number of nitrogens with zero attached hydrogens (tertiary/aromatic N) is 4. The van der Waals surface area contributed by atoms with Gasteiger partial charge in [0, 0.05) is 32.6 Å². The van der Waals surface area contributed by atoms with Crippen LogP contribution >= 0.6 is 0 Å². The number of aromatic nitrogens is 2. The van der Waals surface area contributed by atoms with Crippen LogP contribution in [0, 0.1) is 0 Å². The van der Waals surface area contributed by atoms with E-state index < -0.39 is 0 Å². The van der Waals surface area contributed by atoms with Crippen molar-refractivity contribution in [2.24, 2.45) is 0 Å². The third kappa shape index (κ3) is 4.27. The maximum absolute atomic E-state index is 12.4. The molecular weight excluding hydrogens is 382 g/mol. The fourth-order valence-corrected chi connectivity index (χ4v) is 3.93. The first-order chi connectivity index (χ1) is 14.7.